The maximum Gasteiger partial charge on any atom is 0.0676 e. The minimum atomic E-state index is -0.0205. The lowest BCUT2D eigenvalue weighted by molar-refractivity contribution is 0.536. The molecule has 0 saturated carbocycles. The second-order valence-electron chi connectivity index (χ2n) is 4.63. The second kappa shape index (κ2) is 6.88. The summed E-state index contributed by atoms with van der Waals surface area (Å²) in [6, 6.07) is 5.98. The molecule has 0 aliphatic rings. The maximum absolute atomic E-state index is 5.72. The number of nitrogens with zero attached hydrogens (tertiary/aromatic N) is 3. The first-order chi connectivity index (χ1) is 9.63. The number of aryl methyl sites for hydroxylation is 2. The predicted molar refractivity (Wildman–Crippen MR) is 81.9 cm³/mol. The third kappa shape index (κ3) is 3.59. The molecule has 2 aromatic rings. The lowest BCUT2D eigenvalue weighted by Crippen LogP contribution is -2.31. The summed E-state index contributed by atoms with van der Waals surface area (Å²) in [5.41, 5.74) is 6.79. The third-order valence-corrected chi connectivity index (χ3v) is 3.61. The molecule has 0 bridgehead atoms. The van der Waals surface area contributed by atoms with Crippen LogP contribution in [0.4, 0.5) is 0 Å². The monoisotopic (exact) mass is 335 g/mol. The molecule has 106 valence electrons. The van der Waals surface area contributed by atoms with Gasteiger partial charge in [-0.1, -0.05) is 6.92 Å². The van der Waals surface area contributed by atoms with Crippen molar-refractivity contribution in [1.29, 1.82) is 0 Å². The molecule has 0 aliphatic heterocycles. The van der Waals surface area contributed by atoms with E-state index in [0.29, 0.717) is 6.42 Å². The highest BCUT2D eigenvalue weighted by Crippen LogP contribution is 2.21. The Morgan fingerprint density at radius 3 is 2.75 bits per heavy atom. The summed E-state index contributed by atoms with van der Waals surface area (Å²) in [5.74, 6) is 5.72. The van der Waals surface area contributed by atoms with Gasteiger partial charge in [-0.05, 0) is 53.0 Å². The van der Waals surface area contributed by atoms with Crippen molar-refractivity contribution in [2.75, 3.05) is 0 Å². The van der Waals surface area contributed by atoms with Crippen molar-refractivity contribution in [3.63, 3.8) is 0 Å². The molecule has 5 nitrogen and oxygen atoms in total. The van der Waals surface area contributed by atoms with Gasteiger partial charge in [-0.15, -0.1) is 0 Å². The first-order valence-electron chi connectivity index (χ1n) is 6.53. The van der Waals surface area contributed by atoms with Crippen LogP contribution in [0.2, 0.25) is 0 Å². The number of pyridine rings is 1. The summed E-state index contributed by atoms with van der Waals surface area (Å²) in [5, 5.41) is 8.35. The van der Waals surface area contributed by atoms with Gasteiger partial charge in [0, 0.05) is 22.8 Å². The Bertz CT molecular complexity index is 570. The zero-order valence-corrected chi connectivity index (χ0v) is 13.2. The molecule has 1 unspecified atom stereocenters. The van der Waals surface area contributed by atoms with E-state index in [0.717, 1.165) is 33.5 Å². The molecule has 1 atom stereocenters. The Balaban J connectivity index is 2.28. The van der Waals surface area contributed by atoms with Gasteiger partial charge in [-0.2, -0.15) is 10.2 Å². The molecule has 0 amide bonds. The van der Waals surface area contributed by atoms with E-state index in [4.69, 9.17) is 5.84 Å². The molecule has 2 heterocycles. The van der Waals surface area contributed by atoms with E-state index in [9.17, 15) is 0 Å². The smallest absolute Gasteiger partial charge is 0.0676 e. The van der Waals surface area contributed by atoms with Crippen LogP contribution >= 0.6 is 15.9 Å². The molecule has 2 rings (SSSR count). The molecule has 6 heteroatoms. The van der Waals surface area contributed by atoms with E-state index >= 15 is 0 Å². The number of nitrogens with two attached hydrogens (primary N) is 1. The number of hydrazine groups is 1. The van der Waals surface area contributed by atoms with Crippen molar-refractivity contribution < 1.29 is 0 Å². The SMILES string of the molecule is CCc1nnc(C)cc1C(Cc1ccc(Br)cn1)NN. The quantitative estimate of drug-likeness (QED) is 0.647. The van der Waals surface area contributed by atoms with Gasteiger partial charge in [0.15, 0.2) is 0 Å². The molecule has 0 aromatic carbocycles. The molecule has 3 N–H and O–H groups in total. The van der Waals surface area contributed by atoms with Gasteiger partial charge in [0.05, 0.1) is 17.4 Å². The summed E-state index contributed by atoms with van der Waals surface area (Å²) >= 11 is 3.38. The zero-order valence-electron chi connectivity index (χ0n) is 11.6. The molecule has 0 radical (unpaired) electrons. The number of halogens is 1. The van der Waals surface area contributed by atoms with Crippen molar-refractivity contribution in [3.8, 4) is 0 Å². The van der Waals surface area contributed by atoms with E-state index in [2.05, 4.69) is 43.5 Å². The van der Waals surface area contributed by atoms with E-state index in [1.807, 2.05) is 25.1 Å². The molecule has 0 spiro atoms. The minimum Gasteiger partial charge on any atom is -0.271 e. The summed E-state index contributed by atoms with van der Waals surface area (Å²) in [6.07, 6.45) is 3.33. The van der Waals surface area contributed by atoms with Crippen LogP contribution in [-0.4, -0.2) is 15.2 Å². The summed E-state index contributed by atoms with van der Waals surface area (Å²) in [7, 11) is 0. The molecule has 0 fully saturated rings. The average Bonchev–Trinajstić information content (AvgIpc) is 2.46. The fraction of sp³-hybridized carbons (Fsp3) is 0.357. The number of hydrogen-bond acceptors (Lipinski definition) is 5. The van der Waals surface area contributed by atoms with Crippen molar-refractivity contribution in [2.24, 2.45) is 5.84 Å². The normalized spacial score (nSPS) is 12.4. The Kier molecular flexibility index (Phi) is 5.17. The first kappa shape index (κ1) is 15.0. The highest BCUT2D eigenvalue weighted by molar-refractivity contribution is 9.10. The molecule has 0 saturated heterocycles. The third-order valence-electron chi connectivity index (χ3n) is 3.14. The fourth-order valence-corrected chi connectivity index (χ4v) is 2.34. The minimum absolute atomic E-state index is 0.0205. The lowest BCUT2D eigenvalue weighted by Gasteiger charge is -2.18. The van der Waals surface area contributed by atoms with Gasteiger partial charge in [0.25, 0.3) is 0 Å². The average molecular weight is 336 g/mol. The number of rotatable bonds is 5. The van der Waals surface area contributed by atoms with Gasteiger partial charge < -0.3 is 0 Å². The first-order valence-corrected chi connectivity index (χ1v) is 7.33. The Morgan fingerprint density at radius 1 is 1.35 bits per heavy atom. The van der Waals surface area contributed by atoms with Gasteiger partial charge in [0.2, 0.25) is 0 Å². The molecular weight excluding hydrogens is 318 g/mol. The van der Waals surface area contributed by atoms with Crippen LogP contribution in [0, 0.1) is 6.92 Å². The van der Waals surface area contributed by atoms with E-state index in [1.54, 1.807) is 6.20 Å². The Labute approximate surface area is 127 Å². The molecule has 20 heavy (non-hydrogen) atoms. The Morgan fingerprint density at radius 2 is 2.15 bits per heavy atom. The summed E-state index contributed by atoms with van der Waals surface area (Å²) < 4.78 is 0.967. The van der Waals surface area contributed by atoms with Crippen molar-refractivity contribution in [2.45, 2.75) is 32.7 Å². The van der Waals surface area contributed by atoms with E-state index in [1.165, 1.54) is 0 Å². The van der Waals surface area contributed by atoms with Crippen LogP contribution < -0.4 is 11.3 Å². The van der Waals surface area contributed by atoms with Gasteiger partial charge in [-0.3, -0.25) is 16.3 Å². The number of nitrogens with one attached hydrogen (secondary N) is 1. The van der Waals surface area contributed by atoms with Crippen LogP contribution in [-0.2, 0) is 12.8 Å². The topological polar surface area (TPSA) is 76.7 Å². The summed E-state index contributed by atoms with van der Waals surface area (Å²) in [6.45, 7) is 4.00. The van der Waals surface area contributed by atoms with Crippen LogP contribution in [0.1, 0.15) is 35.6 Å². The van der Waals surface area contributed by atoms with Crippen molar-refractivity contribution in [1.82, 2.24) is 20.6 Å². The number of hydrogen-bond donors (Lipinski definition) is 2. The van der Waals surface area contributed by atoms with Crippen molar-refractivity contribution >= 4 is 15.9 Å². The van der Waals surface area contributed by atoms with E-state index in [-0.39, 0.29) is 6.04 Å². The van der Waals surface area contributed by atoms with Crippen LogP contribution in [0.3, 0.4) is 0 Å². The summed E-state index contributed by atoms with van der Waals surface area (Å²) in [4.78, 5) is 4.39. The zero-order chi connectivity index (χ0) is 14.5. The molecule has 0 aliphatic carbocycles. The van der Waals surface area contributed by atoms with Crippen LogP contribution in [0.25, 0.3) is 0 Å². The second-order valence-corrected chi connectivity index (χ2v) is 5.55. The van der Waals surface area contributed by atoms with Crippen molar-refractivity contribution in [3.05, 3.63) is 51.5 Å². The molecule has 2 aromatic heterocycles. The fourth-order valence-electron chi connectivity index (χ4n) is 2.11. The lowest BCUT2D eigenvalue weighted by atomic mass is 9.99. The van der Waals surface area contributed by atoms with Gasteiger partial charge in [-0.25, -0.2) is 0 Å². The standard InChI is InChI=1S/C14H18BrN5/c1-3-13-12(6-9(2)19-20-13)14(18-16)7-11-5-4-10(15)8-17-11/h4-6,8,14,18H,3,7,16H2,1-2H3. The predicted octanol–water partition coefficient (Wildman–Crippen LogP) is 2.25. The van der Waals surface area contributed by atoms with Crippen LogP contribution in [0.5, 0.6) is 0 Å². The highest BCUT2D eigenvalue weighted by Gasteiger charge is 2.16. The molecular formula is C14H18BrN5. The largest absolute Gasteiger partial charge is 0.271 e. The number of aromatic nitrogens is 3. The van der Waals surface area contributed by atoms with Gasteiger partial charge >= 0.3 is 0 Å². The maximum atomic E-state index is 5.72. The van der Waals surface area contributed by atoms with E-state index < -0.39 is 0 Å². The van der Waals surface area contributed by atoms with Gasteiger partial charge in [0.1, 0.15) is 0 Å². The Hall–Kier alpha value is -1.37. The van der Waals surface area contributed by atoms with Crippen LogP contribution in [0.15, 0.2) is 28.9 Å². The highest BCUT2D eigenvalue weighted by atomic mass is 79.9.